The van der Waals surface area contributed by atoms with E-state index >= 15 is 0 Å². The third-order valence-corrected chi connectivity index (χ3v) is 7.98. The van der Waals surface area contributed by atoms with Gasteiger partial charge in [-0.3, -0.25) is 0 Å². The number of hydrogen-bond acceptors (Lipinski definition) is 7. The van der Waals surface area contributed by atoms with Gasteiger partial charge in [0.1, 0.15) is 5.75 Å². The van der Waals surface area contributed by atoms with Crippen LogP contribution in [0.1, 0.15) is 24.1 Å². The molecule has 32 heavy (non-hydrogen) atoms. The molecule has 1 saturated carbocycles. The zero-order valence-corrected chi connectivity index (χ0v) is 20.8. The number of piperidine rings is 1. The summed E-state index contributed by atoms with van der Waals surface area (Å²) in [5, 5.41) is 10.2. The molecule has 2 atom stereocenters. The molecule has 0 unspecified atom stereocenters. The van der Waals surface area contributed by atoms with E-state index in [1.165, 1.54) is 24.9 Å². The summed E-state index contributed by atoms with van der Waals surface area (Å²) in [5.41, 5.74) is 2.47. The van der Waals surface area contributed by atoms with Crippen LogP contribution in [0, 0.1) is 12.8 Å². The number of likely N-dealkylation sites (tertiary alicyclic amines) is 1. The van der Waals surface area contributed by atoms with E-state index in [4.69, 9.17) is 20.8 Å². The maximum absolute atomic E-state index is 6.38. The number of oxazole rings is 1. The number of methoxy groups -OCH3 is 1. The van der Waals surface area contributed by atoms with Crippen molar-refractivity contribution in [1.29, 1.82) is 0 Å². The van der Waals surface area contributed by atoms with Crippen LogP contribution >= 0.6 is 35.8 Å². The first-order valence-corrected chi connectivity index (χ1v) is 11.9. The number of halogens is 2. The molecule has 2 fully saturated rings. The smallest absolute Gasteiger partial charge is 0.202 e. The number of nitrogens with zero attached hydrogens (tertiary/aromatic N) is 5. The Balaban J connectivity index is 0.00000245. The standard InChI is InChI=1S/C22H26ClN5O2S.ClH/c1-14-19(30-13-24-14)20-25-26-21(27(20)2)31-8-4-7-28-11-16-10-22(16,12-28)15-5-6-18(29-3)17(23)9-15;/h5-6,9,13,16H,4,7-8,10-12H2,1-3H3;1H/t16-,22+;/m1./s1. The Morgan fingerprint density at radius 2 is 2.19 bits per heavy atom. The van der Waals surface area contributed by atoms with Crippen LogP contribution in [0.15, 0.2) is 34.2 Å². The van der Waals surface area contributed by atoms with Gasteiger partial charge in [0.25, 0.3) is 0 Å². The third kappa shape index (κ3) is 4.14. The molecule has 5 rings (SSSR count). The van der Waals surface area contributed by atoms with Gasteiger partial charge in [-0.2, -0.15) is 0 Å². The van der Waals surface area contributed by atoms with Crippen molar-refractivity contribution in [1.82, 2.24) is 24.6 Å². The lowest BCUT2D eigenvalue weighted by Crippen LogP contribution is -2.27. The number of benzene rings is 1. The van der Waals surface area contributed by atoms with Crippen molar-refractivity contribution in [2.75, 3.05) is 32.5 Å². The molecule has 0 radical (unpaired) electrons. The quantitative estimate of drug-likeness (QED) is 0.333. The Hall–Kier alpha value is -1.74. The number of fused-ring (bicyclic) bond motifs is 1. The minimum Gasteiger partial charge on any atom is -0.495 e. The monoisotopic (exact) mass is 495 g/mol. The van der Waals surface area contributed by atoms with Crippen molar-refractivity contribution < 1.29 is 9.15 Å². The maximum atomic E-state index is 6.38. The first-order chi connectivity index (χ1) is 15.0. The molecule has 172 valence electrons. The maximum Gasteiger partial charge on any atom is 0.202 e. The molecule has 0 N–H and O–H groups in total. The summed E-state index contributed by atoms with van der Waals surface area (Å²) in [7, 11) is 3.63. The summed E-state index contributed by atoms with van der Waals surface area (Å²) < 4.78 is 12.7. The van der Waals surface area contributed by atoms with E-state index in [1.807, 2.05) is 24.6 Å². The third-order valence-electron chi connectivity index (χ3n) is 6.58. The van der Waals surface area contributed by atoms with Gasteiger partial charge in [0, 0.05) is 31.3 Å². The van der Waals surface area contributed by atoms with Gasteiger partial charge in [0.05, 0.1) is 17.8 Å². The topological polar surface area (TPSA) is 69.2 Å². The van der Waals surface area contributed by atoms with Crippen LogP contribution in [0.3, 0.4) is 0 Å². The summed E-state index contributed by atoms with van der Waals surface area (Å²) in [6.07, 6.45) is 3.82. The van der Waals surface area contributed by atoms with E-state index < -0.39 is 0 Å². The molecule has 2 aliphatic rings. The van der Waals surface area contributed by atoms with Gasteiger partial charge in [-0.15, -0.1) is 22.6 Å². The molecule has 1 aliphatic carbocycles. The van der Waals surface area contributed by atoms with Crippen LogP contribution in [0.5, 0.6) is 5.75 Å². The fourth-order valence-corrected chi connectivity index (χ4v) is 5.88. The number of hydrogen-bond donors (Lipinski definition) is 0. The van der Waals surface area contributed by atoms with E-state index in [0.717, 1.165) is 53.6 Å². The van der Waals surface area contributed by atoms with Gasteiger partial charge in [-0.1, -0.05) is 29.4 Å². The van der Waals surface area contributed by atoms with Gasteiger partial charge in [0.15, 0.2) is 17.3 Å². The average molecular weight is 496 g/mol. The first-order valence-electron chi connectivity index (χ1n) is 10.5. The Labute approximate surface area is 203 Å². The largest absolute Gasteiger partial charge is 0.495 e. The summed E-state index contributed by atoms with van der Waals surface area (Å²) >= 11 is 8.11. The lowest BCUT2D eigenvalue weighted by molar-refractivity contribution is 0.299. The van der Waals surface area contributed by atoms with Gasteiger partial charge in [-0.05, 0) is 49.9 Å². The van der Waals surface area contributed by atoms with Crippen molar-refractivity contribution in [3.63, 3.8) is 0 Å². The summed E-state index contributed by atoms with van der Waals surface area (Å²) in [6, 6.07) is 6.28. The van der Waals surface area contributed by atoms with Crippen LogP contribution in [-0.2, 0) is 12.5 Å². The predicted molar refractivity (Wildman–Crippen MR) is 128 cm³/mol. The normalized spacial score (nSPS) is 21.9. The average Bonchev–Trinajstić information content (AvgIpc) is 3.05. The SMILES string of the molecule is COc1ccc([C@@]23C[C@@H]2CN(CCCSc2nnc(-c4ocnc4C)n2C)C3)cc1Cl.Cl. The van der Waals surface area contributed by atoms with Crippen LogP contribution in [-0.4, -0.2) is 57.1 Å². The molecule has 7 nitrogen and oxygen atoms in total. The van der Waals surface area contributed by atoms with E-state index in [9.17, 15) is 0 Å². The molecule has 1 saturated heterocycles. The van der Waals surface area contributed by atoms with Gasteiger partial charge in [0.2, 0.25) is 5.82 Å². The Morgan fingerprint density at radius 1 is 1.34 bits per heavy atom. The molecule has 2 aromatic heterocycles. The second kappa shape index (κ2) is 9.25. The van der Waals surface area contributed by atoms with Crippen LogP contribution in [0.25, 0.3) is 11.6 Å². The number of aromatic nitrogens is 4. The van der Waals surface area contributed by atoms with E-state index in [1.54, 1.807) is 18.9 Å². The molecule has 10 heteroatoms. The number of ether oxygens (including phenoxy) is 1. The molecule has 1 aliphatic heterocycles. The molecular weight excluding hydrogens is 469 g/mol. The Morgan fingerprint density at radius 3 is 2.91 bits per heavy atom. The molecular formula is C22H27Cl2N5O2S. The second-order valence-corrected chi connectivity index (χ2v) is 9.95. The highest BCUT2D eigenvalue weighted by Crippen LogP contribution is 2.59. The highest BCUT2D eigenvalue weighted by atomic mass is 35.5. The Bertz CT molecular complexity index is 1100. The van der Waals surface area contributed by atoms with E-state index in [0.29, 0.717) is 10.8 Å². The van der Waals surface area contributed by atoms with E-state index in [2.05, 4.69) is 32.2 Å². The van der Waals surface area contributed by atoms with Crippen molar-refractivity contribution in [3.05, 3.63) is 40.9 Å². The number of rotatable bonds is 8. The lowest BCUT2D eigenvalue weighted by Gasteiger charge is -2.21. The summed E-state index contributed by atoms with van der Waals surface area (Å²) in [5.74, 6) is 3.90. The molecule has 0 amide bonds. The number of thioether (sulfide) groups is 1. The van der Waals surface area contributed by atoms with Crippen molar-refractivity contribution in [2.45, 2.75) is 30.3 Å². The number of aryl methyl sites for hydroxylation is 1. The van der Waals surface area contributed by atoms with Crippen LogP contribution in [0.4, 0.5) is 0 Å². The van der Waals surface area contributed by atoms with Crippen molar-refractivity contribution >= 4 is 35.8 Å². The minimum absolute atomic E-state index is 0. The zero-order valence-electron chi connectivity index (χ0n) is 18.4. The highest BCUT2D eigenvalue weighted by Gasteiger charge is 2.60. The Kier molecular flexibility index (Phi) is 6.77. The fraction of sp³-hybridized carbons (Fsp3) is 0.500. The molecule has 0 bridgehead atoms. The molecule has 0 spiro atoms. The van der Waals surface area contributed by atoms with Gasteiger partial charge < -0.3 is 18.6 Å². The molecule has 3 heterocycles. The highest BCUT2D eigenvalue weighted by molar-refractivity contribution is 7.99. The fourth-order valence-electron chi connectivity index (χ4n) is 4.79. The minimum atomic E-state index is 0. The molecule has 3 aromatic rings. The first kappa shape index (κ1) is 23.4. The van der Waals surface area contributed by atoms with Crippen LogP contribution in [0.2, 0.25) is 5.02 Å². The van der Waals surface area contributed by atoms with E-state index in [-0.39, 0.29) is 17.8 Å². The van der Waals surface area contributed by atoms with Crippen LogP contribution < -0.4 is 4.74 Å². The summed E-state index contributed by atoms with van der Waals surface area (Å²) in [4.78, 5) is 6.73. The zero-order chi connectivity index (χ0) is 21.6. The van der Waals surface area contributed by atoms with Crippen molar-refractivity contribution in [2.24, 2.45) is 13.0 Å². The second-order valence-electron chi connectivity index (χ2n) is 8.48. The predicted octanol–water partition coefficient (Wildman–Crippen LogP) is 4.62. The summed E-state index contributed by atoms with van der Waals surface area (Å²) in [6.45, 7) is 5.30. The van der Waals surface area contributed by atoms with Gasteiger partial charge >= 0.3 is 0 Å². The van der Waals surface area contributed by atoms with Crippen molar-refractivity contribution in [3.8, 4) is 17.3 Å². The lowest BCUT2D eigenvalue weighted by atomic mass is 9.95. The van der Waals surface area contributed by atoms with Gasteiger partial charge in [-0.25, -0.2) is 4.98 Å². The molecule has 1 aromatic carbocycles.